The molecule has 0 aliphatic carbocycles. The highest BCUT2D eigenvalue weighted by Gasteiger charge is 2.19. The zero-order valence-corrected chi connectivity index (χ0v) is 7.23. The largest absolute Gasteiger partial charge is 0.301 e. The molecule has 0 aromatic carbocycles. The third kappa shape index (κ3) is 3.16. The van der Waals surface area contributed by atoms with Crippen LogP contribution < -0.4 is 0 Å². The maximum absolute atomic E-state index is 12.3. The molecule has 1 rings (SSSR count). The highest BCUT2D eigenvalue weighted by atomic mass is 19.1. The van der Waals surface area contributed by atoms with Gasteiger partial charge in [-0.3, -0.25) is 0 Å². The third-order valence-electron chi connectivity index (χ3n) is 1.66. The molecule has 1 saturated heterocycles. The Labute approximate surface area is 63.2 Å². The van der Waals surface area contributed by atoms with Crippen molar-refractivity contribution in [3.05, 3.63) is 0 Å². The van der Waals surface area contributed by atoms with Crippen LogP contribution in [0.15, 0.2) is 0 Å². The summed E-state index contributed by atoms with van der Waals surface area (Å²) in [5.74, 6) is 0. The number of rotatable bonds is 1. The van der Waals surface area contributed by atoms with Gasteiger partial charge in [0.1, 0.15) is 6.17 Å². The fourth-order valence-electron chi connectivity index (χ4n) is 1.07. The van der Waals surface area contributed by atoms with E-state index in [1.807, 2.05) is 13.8 Å². The van der Waals surface area contributed by atoms with Crippen molar-refractivity contribution in [1.82, 2.24) is 4.90 Å². The van der Waals surface area contributed by atoms with E-state index in [2.05, 4.69) is 11.8 Å². The van der Waals surface area contributed by atoms with Crippen molar-refractivity contribution >= 4 is 0 Å². The highest BCUT2D eigenvalue weighted by molar-refractivity contribution is 4.72. The highest BCUT2D eigenvalue weighted by Crippen LogP contribution is 2.10. The molecule has 0 unspecified atom stereocenters. The second-order valence-corrected chi connectivity index (χ2v) is 2.28. The number of alkyl halides is 1. The van der Waals surface area contributed by atoms with Crippen molar-refractivity contribution < 1.29 is 4.39 Å². The first-order valence-electron chi connectivity index (χ1n) is 4.19. The van der Waals surface area contributed by atoms with E-state index in [9.17, 15) is 4.39 Å². The first kappa shape index (κ1) is 9.89. The van der Waals surface area contributed by atoms with E-state index < -0.39 is 6.17 Å². The lowest BCUT2D eigenvalue weighted by Gasteiger charge is -2.08. The van der Waals surface area contributed by atoms with Crippen LogP contribution in [0.1, 0.15) is 27.2 Å². The summed E-state index contributed by atoms with van der Waals surface area (Å²) < 4.78 is 12.3. The Balaban J connectivity index is 0.000000371. The molecule has 1 nitrogen and oxygen atoms in total. The molecule has 0 radical (unpaired) electrons. The Kier molecular flexibility index (Phi) is 5.60. The molecule has 1 atom stereocenters. The van der Waals surface area contributed by atoms with E-state index >= 15 is 0 Å². The molecule has 1 fully saturated rings. The Morgan fingerprint density at radius 1 is 1.50 bits per heavy atom. The number of hydrogen-bond donors (Lipinski definition) is 0. The monoisotopic (exact) mass is 147 g/mol. The topological polar surface area (TPSA) is 3.24 Å². The van der Waals surface area contributed by atoms with Gasteiger partial charge >= 0.3 is 0 Å². The van der Waals surface area contributed by atoms with Gasteiger partial charge in [0.25, 0.3) is 0 Å². The Morgan fingerprint density at radius 2 is 2.10 bits per heavy atom. The average molecular weight is 147 g/mol. The molecule has 0 aromatic rings. The van der Waals surface area contributed by atoms with Crippen molar-refractivity contribution in [3.8, 4) is 0 Å². The summed E-state index contributed by atoms with van der Waals surface area (Å²) in [5.41, 5.74) is 0. The van der Waals surface area contributed by atoms with E-state index in [0.29, 0.717) is 6.54 Å². The van der Waals surface area contributed by atoms with Crippen LogP contribution in [0.3, 0.4) is 0 Å². The molecule has 0 bridgehead atoms. The fourth-order valence-corrected chi connectivity index (χ4v) is 1.07. The molecule has 1 aliphatic heterocycles. The number of likely N-dealkylation sites (tertiary alicyclic amines) is 1. The van der Waals surface area contributed by atoms with E-state index in [1.165, 1.54) is 0 Å². The molecule has 10 heavy (non-hydrogen) atoms. The molecule has 0 N–H and O–H groups in total. The normalized spacial score (nSPS) is 25.8. The first-order chi connectivity index (χ1) is 4.83. The van der Waals surface area contributed by atoms with Gasteiger partial charge < -0.3 is 4.90 Å². The first-order valence-corrected chi connectivity index (χ1v) is 4.19. The lowest BCUT2D eigenvalue weighted by molar-refractivity contribution is 0.298. The minimum Gasteiger partial charge on any atom is -0.301 e. The van der Waals surface area contributed by atoms with Crippen molar-refractivity contribution in [2.45, 2.75) is 33.4 Å². The number of halogens is 1. The van der Waals surface area contributed by atoms with Crippen molar-refractivity contribution in [2.24, 2.45) is 0 Å². The van der Waals surface area contributed by atoms with E-state index in [0.717, 1.165) is 19.5 Å². The smallest absolute Gasteiger partial charge is 0.114 e. The summed E-state index contributed by atoms with van der Waals surface area (Å²) >= 11 is 0. The minimum absolute atomic E-state index is 0.546. The second kappa shape index (κ2) is 5.66. The van der Waals surface area contributed by atoms with Gasteiger partial charge in [-0.25, -0.2) is 4.39 Å². The molecule has 62 valence electrons. The molecule has 0 aromatic heterocycles. The Bertz CT molecular complexity index is 75.7. The third-order valence-corrected chi connectivity index (χ3v) is 1.66. The molecular weight excluding hydrogens is 129 g/mol. The predicted molar refractivity (Wildman–Crippen MR) is 43.0 cm³/mol. The molecule has 0 amide bonds. The summed E-state index contributed by atoms with van der Waals surface area (Å²) in [5, 5.41) is 0. The Hall–Kier alpha value is -0.110. The van der Waals surface area contributed by atoms with Gasteiger partial charge in [-0.15, -0.1) is 0 Å². The van der Waals surface area contributed by atoms with Crippen LogP contribution in [0.25, 0.3) is 0 Å². The van der Waals surface area contributed by atoms with Crippen LogP contribution >= 0.6 is 0 Å². The van der Waals surface area contributed by atoms with E-state index in [1.54, 1.807) is 0 Å². The summed E-state index contributed by atoms with van der Waals surface area (Å²) in [6.45, 7) is 8.69. The summed E-state index contributed by atoms with van der Waals surface area (Å²) in [4.78, 5) is 2.13. The second-order valence-electron chi connectivity index (χ2n) is 2.28. The van der Waals surface area contributed by atoms with Gasteiger partial charge in [0.2, 0.25) is 0 Å². The van der Waals surface area contributed by atoms with Gasteiger partial charge in [-0.2, -0.15) is 0 Å². The molecule has 1 aliphatic rings. The maximum Gasteiger partial charge on any atom is 0.114 e. The van der Waals surface area contributed by atoms with Crippen LogP contribution in [-0.2, 0) is 0 Å². The molecule has 0 saturated carbocycles. The van der Waals surface area contributed by atoms with Gasteiger partial charge in [-0.1, -0.05) is 20.8 Å². The van der Waals surface area contributed by atoms with Crippen LogP contribution in [0, 0.1) is 0 Å². The lowest BCUT2D eigenvalue weighted by Crippen LogP contribution is -2.19. The summed E-state index contributed by atoms with van der Waals surface area (Å²) in [6, 6.07) is 0. The van der Waals surface area contributed by atoms with Gasteiger partial charge in [0.05, 0.1) is 0 Å². The predicted octanol–water partition coefficient (Wildman–Crippen LogP) is 2.08. The van der Waals surface area contributed by atoms with Crippen molar-refractivity contribution in [1.29, 1.82) is 0 Å². The lowest BCUT2D eigenvalue weighted by atomic mass is 10.3. The van der Waals surface area contributed by atoms with Crippen LogP contribution in [0.5, 0.6) is 0 Å². The maximum atomic E-state index is 12.3. The SMILES string of the molecule is CC.CCN1CC[C@H](F)C1. The van der Waals surface area contributed by atoms with Crippen molar-refractivity contribution in [3.63, 3.8) is 0 Å². The van der Waals surface area contributed by atoms with Gasteiger partial charge in [0.15, 0.2) is 0 Å². The van der Waals surface area contributed by atoms with Crippen molar-refractivity contribution in [2.75, 3.05) is 19.6 Å². The molecular formula is C8H18FN. The molecule has 2 heteroatoms. The standard InChI is InChI=1S/C6H12FN.C2H6/c1-2-8-4-3-6(7)5-8;1-2/h6H,2-5H2,1H3;1-2H3/t6-;/m0./s1. The van der Waals surface area contributed by atoms with Gasteiger partial charge in [-0.05, 0) is 13.0 Å². The fraction of sp³-hybridized carbons (Fsp3) is 1.00. The quantitative estimate of drug-likeness (QED) is 0.549. The van der Waals surface area contributed by atoms with E-state index in [4.69, 9.17) is 0 Å². The van der Waals surface area contributed by atoms with Crippen LogP contribution in [-0.4, -0.2) is 30.7 Å². The number of hydrogen-bond acceptors (Lipinski definition) is 1. The zero-order valence-electron chi connectivity index (χ0n) is 7.23. The number of nitrogens with zero attached hydrogens (tertiary/aromatic N) is 1. The van der Waals surface area contributed by atoms with Crippen LogP contribution in [0.2, 0.25) is 0 Å². The summed E-state index contributed by atoms with van der Waals surface area (Å²) in [7, 11) is 0. The molecule has 0 spiro atoms. The van der Waals surface area contributed by atoms with Gasteiger partial charge in [0, 0.05) is 13.1 Å². The zero-order chi connectivity index (χ0) is 7.98. The molecule has 1 heterocycles. The Morgan fingerprint density at radius 3 is 2.30 bits per heavy atom. The van der Waals surface area contributed by atoms with Crippen LogP contribution in [0.4, 0.5) is 4.39 Å². The minimum atomic E-state index is -0.546. The van der Waals surface area contributed by atoms with E-state index in [-0.39, 0.29) is 0 Å². The summed E-state index contributed by atoms with van der Waals surface area (Å²) in [6.07, 6.45) is 0.198. The average Bonchev–Trinajstić information content (AvgIpc) is 2.40.